The van der Waals surface area contributed by atoms with E-state index in [0.29, 0.717) is 0 Å². The van der Waals surface area contributed by atoms with E-state index in [1.807, 2.05) is 0 Å². The smallest absolute Gasteiger partial charge is 1.00 e. The molecular weight excluding hydrogens is 245 g/mol. The molecule has 0 radical (unpaired) electrons. The summed E-state index contributed by atoms with van der Waals surface area (Å²) in [6.45, 7) is 0. The number of hydrogen-bond donors (Lipinski definition) is 3. The fourth-order valence-electron chi connectivity index (χ4n) is 1.07. The summed E-state index contributed by atoms with van der Waals surface area (Å²) in [5, 5.41) is 25.4. The maximum absolute atomic E-state index is 13.1. The molecule has 0 aromatic heterocycles. The van der Waals surface area contributed by atoms with Crippen LogP contribution in [0, 0.1) is 5.82 Å². The van der Waals surface area contributed by atoms with Gasteiger partial charge >= 0.3 is 48.8 Å². The minimum Gasteiger partial charge on any atom is -1.00 e. The second kappa shape index (κ2) is 6.72. The average molecular weight is 252 g/mol. The van der Waals surface area contributed by atoms with Gasteiger partial charge < -0.3 is 21.2 Å². The molecule has 0 heterocycles. The van der Waals surface area contributed by atoms with Gasteiger partial charge in [-0.05, 0) is 12.1 Å². The number of halogens is 1. The van der Waals surface area contributed by atoms with Gasteiger partial charge in [-0.1, -0.05) is 6.07 Å². The van der Waals surface area contributed by atoms with Gasteiger partial charge in [0.15, 0.2) is 0 Å². The van der Waals surface area contributed by atoms with E-state index in [1.54, 1.807) is 0 Å². The Morgan fingerprint density at radius 2 is 1.94 bits per heavy atom. The first-order valence-corrected chi connectivity index (χ1v) is 4.02. The van der Waals surface area contributed by atoms with Gasteiger partial charge in [0.05, 0.1) is 5.56 Å². The third-order valence-corrected chi connectivity index (χ3v) is 1.66. The third-order valence-electron chi connectivity index (χ3n) is 1.66. The molecule has 0 unspecified atom stereocenters. The molecule has 0 saturated heterocycles. The number of aromatic carboxylic acids is 1. The summed E-state index contributed by atoms with van der Waals surface area (Å²) in [5.74, 6) is -4.11. The van der Waals surface area contributed by atoms with Gasteiger partial charge in [0.1, 0.15) is 11.4 Å². The van der Waals surface area contributed by atoms with Gasteiger partial charge in [-0.15, -0.1) is 0 Å². The van der Waals surface area contributed by atoms with Gasteiger partial charge in [-0.25, -0.2) is 14.0 Å². The Kier molecular flexibility index (Phi) is 6.36. The Labute approximate surface area is 119 Å². The summed E-state index contributed by atoms with van der Waals surface area (Å²) in [4.78, 5) is 21.8. The summed E-state index contributed by atoms with van der Waals surface area (Å²) in [5.41, 5.74) is -1.48. The molecule has 0 amide bonds. The van der Waals surface area contributed by atoms with Gasteiger partial charge in [-0.2, -0.15) is 0 Å². The summed E-state index contributed by atoms with van der Waals surface area (Å²) in [7, 11) is -2.39. The summed E-state index contributed by atoms with van der Waals surface area (Å²) in [6.07, 6.45) is 0. The van der Waals surface area contributed by atoms with E-state index in [4.69, 9.17) is 15.2 Å². The number of carboxylic acids is 1. The van der Waals surface area contributed by atoms with Gasteiger partial charge in [0, 0.05) is 0 Å². The fourth-order valence-corrected chi connectivity index (χ4v) is 1.07. The van der Waals surface area contributed by atoms with Crippen LogP contribution in [-0.4, -0.2) is 34.4 Å². The molecule has 86 valence electrons. The van der Waals surface area contributed by atoms with Crippen LogP contribution in [0.5, 0.6) is 0 Å². The summed E-state index contributed by atoms with van der Waals surface area (Å²) < 4.78 is 17.0. The molecule has 0 fully saturated rings. The van der Waals surface area contributed by atoms with Crippen LogP contribution in [0.1, 0.15) is 22.1 Å². The number of carbonyl (C=O) groups is 2. The van der Waals surface area contributed by atoms with Crippen molar-refractivity contribution in [3.05, 3.63) is 35.1 Å². The van der Waals surface area contributed by atoms with Crippen molar-refractivity contribution in [1.82, 2.24) is 0 Å². The molecule has 9 heteroatoms. The Morgan fingerprint density at radius 1 is 1.35 bits per heavy atom. The maximum atomic E-state index is 13.1. The van der Waals surface area contributed by atoms with E-state index in [9.17, 15) is 14.0 Å². The topological polar surface area (TPSA) is 104 Å². The Morgan fingerprint density at radius 3 is 2.41 bits per heavy atom. The van der Waals surface area contributed by atoms with Crippen LogP contribution >= 0.6 is 0 Å². The van der Waals surface area contributed by atoms with E-state index in [0.717, 1.165) is 18.2 Å². The van der Waals surface area contributed by atoms with Crippen molar-refractivity contribution in [2.45, 2.75) is 0 Å². The number of carbonyl (C=O) groups excluding carboxylic acids is 1. The van der Waals surface area contributed by atoms with Crippen LogP contribution < -0.4 is 29.6 Å². The van der Waals surface area contributed by atoms with E-state index in [1.165, 1.54) is 0 Å². The summed E-state index contributed by atoms with van der Waals surface area (Å²) in [6, 6.07) is 2.95. The van der Waals surface area contributed by atoms with Gasteiger partial charge in [0.2, 0.25) is 0 Å². The molecule has 6 nitrogen and oxygen atoms in total. The van der Waals surface area contributed by atoms with Crippen molar-refractivity contribution in [3.8, 4) is 0 Å². The van der Waals surface area contributed by atoms with Crippen LogP contribution in [0.15, 0.2) is 18.2 Å². The van der Waals surface area contributed by atoms with E-state index >= 15 is 0 Å². The first kappa shape index (κ1) is 16.1. The Hall–Kier alpha value is -0.925. The predicted octanol–water partition coefficient (Wildman–Crippen LogP) is -3.23. The molecule has 17 heavy (non-hydrogen) atoms. The van der Waals surface area contributed by atoms with Crippen molar-refractivity contribution < 1.29 is 64.8 Å². The molecule has 0 atom stereocenters. The Balaban J connectivity index is 0. The van der Waals surface area contributed by atoms with E-state index < -0.39 is 36.2 Å². The van der Waals surface area contributed by atoms with E-state index in [-0.39, 0.29) is 31.0 Å². The van der Waals surface area contributed by atoms with Crippen LogP contribution in [-0.2, 0) is 4.65 Å². The minimum atomic E-state index is -2.39. The molecule has 0 aliphatic carbocycles. The zero-order chi connectivity index (χ0) is 12.3. The molecule has 3 N–H and O–H groups in total. The van der Waals surface area contributed by atoms with Crippen molar-refractivity contribution >= 4 is 19.3 Å². The molecule has 0 aliphatic heterocycles. The Bertz CT molecular complexity index is 444. The molecule has 1 aromatic rings. The van der Waals surface area contributed by atoms with Crippen LogP contribution in [0.3, 0.4) is 0 Å². The number of hydrogen-bond acceptors (Lipinski definition) is 5. The first-order valence-electron chi connectivity index (χ1n) is 4.02. The quantitative estimate of drug-likeness (QED) is 0.488. The summed E-state index contributed by atoms with van der Waals surface area (Å²) >= 11 is 0. The number of benzene rings is 1. The standard InChI is InChI=1S/C8H6BFO6.Na.H/c10-5-3-1-2-4(6(5)7(11)12)8(13)16-9(14)15;;/h1-3,14-15H,(H,11,12);;/q;+1;-1. The second-order valence-electron chi connectivity index (χ2n) is 2.70. The largest absolute Gasteiger partial charge is 1.00 e. The zero-order valence-corrected chi connectivity index (χ0v) is 10.8. The van der Waals surface area contributed by atoms with Crippen molar-refractivity contribution in [1.29, 1.82) is 0 Å². The number of carboxylic acid groups (broad SMARTS) is 1. The normalized spacial score (nSPS) is 9.12. The molecule has 0 saturated carbocycles. The molecule has 0 bridgehead atoms. The monoisotopic (exact) mass is 252 g/mol. The van der Waals surface area contributed by atoms with Crippen molar-refractivity contribution in [3.63, 3.8) is 0 Å². The average Bonchev–Trinajstić information content (AvgIpc) is 2.15. The molecular formula is C8H7BFNaO6. The second-order valence-corrected chi connectivity index (χ2v) is 2.70. The SMILES string of the molecule is O=C(OB(O)O)c1cccc(F)c1C(=O)O.[H-].[Na+]. The van der Waals surface area contributed by atoms with Gasteiger partial charge in [-0.3, -0.25) is 0 Å². The van der Waals surface area contributed by atoms with Crippen LogP contribution in [0.4, 0.5) is 4.39 Å². The van der Waals surface area contributed by atoms with Crippen LogP contribution in [0.25, 0.3) is 0 Å². The predicted molar refractivity (Wildman–Crippen MR) is 50.1 cm³/mol. The van der Waals surface area contributed by atoms with Gasteiger partial charge in [0.25, 0.3) is 0 Å². The number of rotatable bonds is 3. The molecule has 0 spiro atoms. The zero-order valence-electron chi connectivity index (χ0n) is 9.75. The van der Waals surface area contributed by atoms with Crippen molar-refractivity contribution in [2.24, 2.45) is 0 Å². The van der Waals surface area contributed by atoms with E-state index in [2.05, 4.69) is 4.65 Å². The molecule has 1 rings (SSSR count). The van der Waals surface area contributed by atoms with Crippen LogP contribution in [0.2, 0.25) is 0 Å². The molecule has 1 aromatic carbocycles. The molecule has 0 aliphatic rings. The van der Waals surface area contributed by atoms with Crippen molar-refractivity contribution in [2.75, 3.05) is 0 Å². The maximum Gasteiger partial charge on any atom is 1.00 e. The first-order chi connectivity index (χ1) is 7.43. The third kappa shape index (κ3) is 4.10. The minimum absolute atomic E-state index is 0. The fraction of sp³-hybridized carbons (Fsp3) is 0.